The van der Waals surface area contributed by atoms with Crippen molar-refractivity contribution in [1.82, 2.24) is 0 Å². The summed E-state index contributed by atoms with van der Waals surface area (Å²) < 4.78 is 0. The van der Waals surface area contributed by atoms with Gasteiger partial charge in [-0.25, -0.2) is 0 Å². The summed E-state index contributed by atoms with van der Waals surface area (Å²) in [6.45, 7) is -0.184. The minimum Gasteiger partial charge on any atom is -0.396 e. The summed E-state index contributed by atoms with van der Waals surface area (Å²) in [6, 6.07) is 0. The summed E-state index contributed by atoms with van der Waals surface area (Å²) in [5, 5.41) is 25.2. The molecule has 0 rings (SSSR count). The Morgan fingerprint density at radius 2 is 2.00 bits per heavy atom. The van der Waals surface area contributed by atoms with Crippen LogP contribution < -0.4 is 0 Å². The fourth-order valence-electron chi connectivity index (χ4n) is 0.389. The molecule has 1 atom stereocenters. The Morgan fingerprint density at radius 3 is 2.44 bits per heavy atom. The molecule has 0 heterocycles. The summed E-state index contributed by atoms with van der Waals surface area (Å²) in [5.74, 6) is 0. The molecule has 54 valence electrons. The molecule has 0 aromatic heterocycles. The molecule has 0 fully saturated rings. The molecule has 0 radical (unpaired) electrons. The molecule has 0 aromatic rings. The molecular formula is C6H12O3. The second-order valence-electron chi connectivity index (χ2n) is 1.69. The minimum atomic E-state index is -0.781. The molecule has 3 heteroatoms. The van der Waals surface area contributed by atoms with Crippen LogP contribution in [0.15, 0.2) is 12.2 Å². The first-order chi connectivity index (χ1) is 4.31. The molecule has 3 N–H and O–H groups in total. The number of aliphatic hydroxyl groups is 3. The van der Waals surface area contributed by atoms with Gasteiger partial charge in [0.25, 0.3) is 0 Å². The molecule has 0 aromatic carbocycles. The van der Waals surface area contributed by atoms with Crippen LogP contribution in [0.2, 0.25) is 0 Å². The summed E-state index contributed by atoms with van der Waals surface area (Å²) in [7, 11) is 0. The number of hydrogen-bond donors (Lipinski definition) is 3. The maximum Gasteiger partial charge on any atom is 0.0951 e. The van der Waals surface area contributed by atoms with Crippen LogP contribution in [0.4, 0.5) is 0 Å². The van der Waals surface area contributed by atoms with E-state index in [9.17, 15) is 0 Å². The lowest BCUT2D eigenvalue weighted by Crippen LogP contribution is -2.06. The maximum atomic E-state index is 8.67. The molecule has 1 unspecified atom stereocenters. The highest BCUT2D eigenvalue weighted by atomic mass is 16.3. The van der Waals surface area contributed by atoms with Crippen molar-refractivity contribution in [1.29, 1.82) is 0 Å². The zero-order valence-electron chi connectivity index (χ0n) is 5.20. The fraction of sp³-hybridized carbons (Fsp3) is 0.667. The van der Waals surface area contributed by atoms with E-state index in [1.54, 1.807) is 6.08 Å². The first kappa shape index (κ1) is 8.62. The molecule has 3 nitrogen and oxygen atoms in total. The average Bonchev–Trinajstić information content (AvgIpc) is 1.89. The minimum absolute atomic E-state index is 0.0780. The van der Waals surface area contributed by atoms with Gasteiger partial charge in [-0.3, -0.25) is 0 Å². The highest BCUT2D eigenvalue weighted by molar-refractivity contribution is 4.87. The predicted molar refractivity (Wildman–Crippen MR) is 33.9 cm³/mol. The highest BCUT2D eigenvalue weighted by Crippen LogP contribution is 1.86. The van der Waals surface area contributed by atoms with E-state index in [1.165, 1.54) is 6.08 Å². The number of aliphatic hydroxyl groups excluding tert-OH is 3. The Morgan fingerprint density at radius 1 is 1.33 bits per heavy atom. The Balaban J connectivity index is 3.20. The molecule has 0 aliphatic heterocycles. The number of rotatable bonds is 4. The van der Waals surface area contributed by atoms with Crippen LogP contribution in [0, 0.1) is 0 Å². The molecular weight excluding hydrogens is 120 g/mol. The standard InChI is InChI=1S/C6H12O3/c7-4-2-1-3-6(9)5-8/h1,3,6-9H,2,4-5H2. The van der Waals surface area contributed by atoms with E-state index >= 15 is 0 Å². The van der Waals surface area contributed by atoms with Gasteiger partial charge in [-0.05, 0) is 6.42 Å². The van der Waals surface area contributed by atoms with Crippen molar-refractivity contribution in [2.45, 2.75) is 12.5 Å². The van der Waals surface area contributed by atoms with Crippen molar-refractivity contribution in [2.24, 2.45) is 0 Å². The summed E-state index contributed by atoms with van der Waals surface area (Å²) in [6.07, 6.45) is 2.82. The van der Waals surface area contributed by atoms with Gasteiger partial charge in [-0.1, -0.05) is 12.2 Å². The van der Waals surface area contributed by atoms with Gasteiger partial charge >= 0.3 is 0 Å². The maximum absolute atomic E-state index is 8.67. The van der Waals surface area contributed by atoms with Gasteiger partial charge < -0.3 is 15.3 Å². The van der Waals surface area contributed by atoms with E-state index in [1.807, 2.05) is 0 Å². The zero-order chi connectivity index (χ0) is 7.11. The lowest BCUT2D eigenvalue weighted by atomic mass is 10.3. The molecule has 0 amide bonds. The van der Waals surface area contributed by atoms with Gasteiger partial charge in [0.05, 0.1) is 12.7 Å². The van der Waals surface area contributed by atoms with Crippen molar-refractivity contribution in [2.75, 3.05) is 13.2 Å². The van der Waals surface area contributed by atoms with Crippen molar-refractivity contribution in [3.63, 3.8) is 0 Å². The Bertz CT molecular complexity index is 80.4. The SMILES string of the molecule is OCCC=CC(O)CO. The van der Waals surface area contributed by atoms with Crippen LogP contribution in [-0.4, -0.2) is 34.6 Å². The number of hydrogen-bond acceptors (Lipinski definition) is 3. The smallest absolute Gasteiger partial charge is 0.0951 e. The second kappa shape index (κ2) is 5.75. The van der Waals surface area contributed by atoms with Gasteiger partial charge in [0, 0.05) is 6.61 Å². The third kappa shape index (κ3) is 5.49. The first-order valence-electron chi connectivity index (χ1n) is 2.87. The molecule has 0 bridgehead atoms. The van der Waals surface area contributed by atoms with E-state index in [0.29, 0.717) is 6.42 Å². The summed E-state index contributed by atoms with van der Waals surface area (Å²) in [4.78, 5) is 0. The predicted octanol–water partition coefficient (Wildman–Crippen LogP) is -0.722. The van der Waals surface area contributed by atoms with Gasteiger partial charge in [0.1, 0.15) is 0 Å². The van der Waals surface area contributed by atoms with Crippen molar-refractivity contribution < 1.29 is 15.3 Å². The van der Waals surface area contributed by atoms with E-state index in [2.05, 4.69) is 0 Å². The van der Waals surface area contributed by atoms with Crippen LogP contribution in [0.5, 0.6) is 0 Å². The largest absolute Gasteiger partial charge is 0.396 e. The monoisotopic (exact) mass is 132 g/mol. The Kier molecular flexibility index (Phi) is 5.51. The van der Waals surface area contributed by atoms with Crippen LogP contribution in [0.3, 0.4) is 0 Å². The molecule has 9 heavy (non-hydrogen) atoms. The molecule has 0 aliphatic rings. The van der Waals surface area contributed by atoms with Crippen molar-refractivity contribution in [3.05, 3.63) is 12.2 Å². The lowest BCUT2D eigenvalue weighted by Gasteiger charge is -1.96. The van der Waals surface area contributed by atoms with Gasteiger partial charge in [0.2, 0.25) is 0 Å². The second-order valence-corrected chi connectivity index (χ2v) is 1.69. The normalized spacial score (nSPS) is 14.6. The quantitative estimate of drug-likeness (QED) is 0.442. The van der Waals surface area contributed by atoms with Crippen LogP contribution in [-0.2, 0) is 0 Å². The van der Waals surface area contributed by atoms with Gasteiger partial charge in [-0.15, -0.1) is 0 Å². The topological polar surface area (TPSA) is 60.7 Å². The fourth-order valence-corrected chi connectivity index (χ4v) is 0.389. The van der Waals surface area contributed by atoms with Crippen LogP contribution in [0.1, 0.15) is 6.42 Å². The average molecular weight is 132 g/mol. The summed E-state index contributed by atoms with van der Waals surface area (Å²) >= 11 is 0. The Labute approximate surface area is 54.3 Å². The third-order valence-corrected chi connectivity index (χ3v) is 0.841. The zero-order valence-corrected chi connectivity index (χ0v) is 5.20. The highest BCUT2D eigenvalue weighted by Gasteiger charge is 1.91. The van der Waals surface area contributed by atoms with Gasteiger partial charge in [-0.2, -0.15) is 0 Å². The van der Waals surface area contributed by atoms with Crippen molar-refractivity contribution >= 4 is 0 Å². The molecule has 0 spiro atoms. The van der Waals surface area contributed by atoms with Crippen molar-refractivity contribution in [3.8, 4) is 0 Å². The molecule has 0 saturated carbocycles. The van der Waals surface area contributed by atoms with E-state index in [0.717, 1.165) is 0 Å². The van der Waals surface area contributed by atoms with E-state index in [4.69, 9.17) is 15.3 Å². The van der Waals surface area contributed by atoms with Gasteiger partial charge in [0.15, 0.2) is 0 Å². The Hall–Kier alpha value is -0.380. The molecule has 0 saturated heterocycles. The molecule has 0 aliphatic carbocycles. The van der Waals surface area contributed by atoms with Crippen LogP contribution in [0.25, 0.3) is 0 Å². The van der Waals surface area contributed by atoms with E-state index in [-0.39, 0.29) is 13.2 Å². The lowest BCUT2D eigenvalue weighted by molar-refractivity contribution is 0.131. The first-order valence-corrected chi connectivity index (χ1v) is 2.87. The van der Waals surface area contributed by atoms with E-state index < -0.39 is 6.10 Å². The third-order valence-electron chi connectivity index (χ3n) is 0.841. The van der Waals surface area contributed by atoms with Crippen LogP contribution >= 0.6 is 0 Å². The summed E-state index contributed by atoms with van der Waals surface area (Å²) in [5.41, 5.74) is 0.